The van der Waals surface area contributed by atoms with Gasteiger partial charge in [0.15, 0.2) is 17.5 Å². The summed E-state index contributed by atoms with van der Waals surface area (Å²) in [6.07, 6.45) is 0. The second-order valence-electron chi connectivity index (χ2n) is 3.28. The summed E-state index contributed by atoms with van der Waals surface area (Å²) in [5.74, 6) is -5.49. The highest BCUT2D eigenvalue weighted by molar-refractivity contribution is 5.94. The SMILES string of the molecule is C[C@@H](CO)NC(=O)c1ccc(F)c(F)c1F. The summed E-state index contributed by atoms with van der Waals surface area (Å²) in [6.45, 7) is 1.15. The molecule has 6 heteroatoms. The summed E-state index contributed by atoms with van der Waals surface area (Å²) >= 11 is 0. The van der Waals surface area contributed by atoms with Crippen molar-refractivity contribution in [3.63, 3.8) is 0 Å². The van der Waals surface area contributed by atoms with E-state index in [2.05, 4.69) is 5.32 Å². The Morgan fingerprint density at radius 1 is 1.38 bits per heavy atom. The van der Waals surface area contributed by atoms with Crippen LogP contribution in [0.5, 0.6) is 0 Å². The summed E-state index contributed by atoms with van der Waals surface area (Å²) in [5, 5.41) is 10.9. The molecule has 0 saturated heterocycles. The predicted octanol–water partition coefficient (Wildman–Crippen LogP) is 1.21. The molecule has 0 spiro atoms. The summed E-state index contributed by atoms with van der Waals surface area (Å²) < 4.78 is 38.5. The molecule has 0 aliphatic heterocycles. The van der Waals surface area contributed by atoms with Crippen molar-refractivity contribution in [1.82, 2.24) is 5.32 Å². The molecule has 1 atom stereocenters. The Kier molecular flexibility index (Phi) is 3.89. The van der Waals surface area contributed by atoms with Gasteiger partial charge in [-0.1, -0.05) is 0 Å². The Balaban J connectivity index is 2.97. The van der Waals surface area contributed by atoms with Gasteiger partial charge >= 0.3 is 0 Å². The van der Waals surface area contributed by atoms with Crippen LogP contribution in [0.2, 0.25) is 0 Å². The number of carbonyl (C=O) groups is 1. The lowest BCUT2D eigenvalue weighted by Crippen LogP contribution is -2.35. The van der Waals surface area contributed by atoms with Gasteiger partial charge in [-0.3, -0.25) is 4.79 Å². The maximum absolute atomic E-state index is 13.1. The molecule has 1 aromatic rings. The van der Waals surface area contributed by atoms with Crippen LogP contribution in [0.1, 0.15) is 17.3 Å². The Morgan fingerprint density at radius 3 is 2.56 bits per heavy atom. The lowest BCUT2D eigenvalue weighted by Gasteiger charge is -2.11. The van der Waals surface area contributed by atoms with Crippen molar-refractivity contribution in [1.29, 1.82) is 0 Å². The highest BCUT2D eigenvalue weighted by Gasteiger charge is 2.19. The molecule has 0 aromatic heterocycles. The van der Waals surface area contributed by atoms with E-state index in [-0.39, 0.29) is 6.61 Å². The van der Waals surface area contributed by atoms with Crippen LogP contribution in [0.4, 0.5) is 13.2 Å². The number of rotatable bonds is 3. The van der Waals surface area contributed by atoms with Gasteiger partial charge in [0.25, 0.3) is 5.91 Å². The number of aliphatic hydroxyl groups excluding tert-OH is 1. The second-order valence-corrected chi connectivity index (χ2v) is 3.28. The lowest BCUT2D eigenvalue weighted by atomic mass is 10.1. The van der Waals surface area contributed by atoms with E-state index < -0.39 is 35.0 Å². The largest absolute Gasteiger partial charge is 0.394 e. The maximum atomic E-state index is 13.1. The van der Waals surface area contributed by atoms with Crippen LogP contribution < -0.4 is 5.32 Å². The molecule has 0 fully saturated rings. The highest BCUT2D eigenvalue weighted by atomic mass is 19.2. The average Bonchev–Trinajstić information content (AvgIpc) is 2.25. The van der Waals surface area contributed by atoms with Crippen LogP contribution in [0.15, 0.2) is 12.1 Å². The van der Waals surface area contributed by atoms with Crippen LogP contribution in [-0.2, 0) is 0 Å². The highest BCUT2D eigenvalue weighted by Crippen LogP contribution is 2.15. The number of hydrogen-bond donors (Lipinski definition) is 2. The van der Waals surface area contributed by atoms with Crippen molar-refractivity contribution in [2.75, 3.05) is 6.61 Å². The lowest BCUT2D eigenvalue weighted by molar-refractivity contribution is 0.0917. The van der Waals surface area contributed by atoms with E-state index in [1.807, 2.05) is 0 Å². The van der Waals surface area contributed by atoms with Crippen LogP contribution >= 0.6 is 0 Å². The Labute approximate surface area is 89.9 Å². The van der Waals surface area contributed by atoms with Crippen molar-refractivity contribution >= 4 is 5.91 Å². The fraction of sp³-hybridized carbons (Fsp3) is 0.300. The first-order valence-electron chi connectivity index (χ1n) is 4.52. The summed E-state index contributed by atoms with van der Waals surface area (Å²) in [5.41, 5.74) is -0.598. The van der Waals surface area contributed by atoms with E-state index in [1.54, 1.807) is 0 Å². The number of aliphatic hydroxyl groups is 1. The second kappa shape index (κ2) is 4.98. The number of nitrogens with one attached hydrogen (secondary N) is 1. The van der Waals surface area contributed by atoms with Gasteiger partial charge < -0.3 is 10.4 Å². The van der Waals surface area contributed by atoms with E-state index in [0.717, 1.165) is 6.07 Å². The predicted molar refractivity (Wildman–Crippen MR) is 50.3 cm³/mol. The minimum Gasteiger partial charge on any atom is -0.394 e. The normalized spacial score (nSPS) is 12.3. The van der Waals surface area contributed by atoms with Crippen molar-refractivity contribution in [2.24, 2.45) is 0 Å². The Bertz CT molecular complexity index is 409. The first-order chi connectivity index (χ1) is 7.47. The zero-order valence-corrected chi connectivity index (χ0v) is 8.43. The summed E-state index contributed by atoms with van der Waals surface area (Å²) in [6, 6.07) is 0.907. The van der Waals surface area contributed by atoms with E-state index in [4.69, 9.17) is 5.11 Å². The molecule has 0 radical (unpaired) electrons. The fourth-order valence-corrected chi connectivity index (χ4v) is 1.05. The van der Waals surface area contributed by atoms with Gasteiger partial charge in [-0.15, -0.1) is 0 Å². The van der Waals surface area contributed by atoms with E-state index in [1.165, 1.54) is 6.92 Å². The molecule has 0 heterocycles. The van der Waals surface area contributed by atoms with Crippen LogP contribution in [0, 0.1) is 17.5 Å². The van der Waals surface area contributed by atoms with Crippen molar-refractivity contribution in [3.8, 4) is 0 Å². The molecule has 1 amide bonds. The number of halogens is 3. The molecule has 0 aliphatic carbocycles. The number of amides is 1. The monoisotopic (exact) mass is 233 g/mol. The third kappa shape index (κ3) is 2.52. The molecule has 2 N–H and O–H groups in total. The molecule has 0 unspecified atom stereocenters. The Hall–Kier alpha value is -1.56. The van der Waals surface area contributed by atoms with Crippen molar-refractivity contribution in [3.05, 3.63) is 35.1 Å². The van der Waals surface area contributed by atoms with Gasteiger partial charge in [-0.2, -0.15) is 0 Å². The maximum Gasteiger partial charge on any atom is 0.254 e. The van der Waals surface area contributed by atoms with E-state index >= 15 is 0 Å². The molecule has 0 bridgehead atoms. The molecule has 0 aliphatic rings. The number of carbonyl (C=O) groups excluding carboxylic acids is 1. The van der Waals surface area contributed by atoms with Crippen molar-refractivity contribution < 1.29 is 23.1 Å². The van der Waals surface area contributed by atoms with Gasteiger partial charge in [0.1, 0.15) is 0 Å². The molecule has 88 valence electrons. The quantitative estimate of drug-likeness (QED) is 0.771. The fourth-order valence-electron chi connectivity index (χ4n) is 1.05. The smallest absolute Gasteiger partial charge is 0.254 e. The molecular weight excluding hydrogens is 223 g/mol. The summed E-state index contributed by atoms with van der Waals surface area (Å²) in [4.78, 5) is 11.3. The van der Waals surface area contributed by atoms with Crippen molar-refractivity contribution in [2.45, 2.75) is 13.0 Å². The first-order valence-corrected chi connectivity index (χ1v) is 4.52. The summed E-state index contributed by atoms with van der Waals surface area (Å²) in [7, 11) is 0. The standard InChI is InChI=1S/C10H10F3NO2/c1-5(4-15)14-10(16)6-2-3-7(11)9(13)8(6)12/h2-3,5,15H,4H2,1H3,(H,14,16)/t5-/m0/s1. The zero-order chi connectivity index (χ0) is 12.3. The molecule has 0 saturated carbocycles. The average molecular weight is 233 g/mol. The van der Waals surface area contributed by atoms with Gasteiger partial charge in [0, 0.05) is 6.04 Å². The minimum atomic E-state index is -1.69. The number of hydrogen-bond acceptors (Lipinski definition) is 2. The van der Waals surface area contributed by atoms with Crippen LogP contribution in [0.25, 0.3) is 0 Å². The number of benzene rings is 1. The third-order valence-electron chi connectivity index (χ3n) is 1.93. The van der Waals surface area contributed by atoms with Crippen LogP contribution in [0.3, 0.4) is 0 Å². The van der Waals surface area contributed by atoms with Gasteiger partial charge in [0.2, 0.25) is 0 Å². The molecule has 3 nitrogen and oxygen atoms in total. The van der Waals surface area contributed by atoms with E-state index in [0.29, 0.717) is 6.07 Å². The minimum absolute atomic E-state index is 0.336. The first kappa shape index (κ1) is 12.5. The molecule has 1 aromatic carbocycles. The van der Waals surface area contributed by atoms with Gasteiger partial charge in [-0.05, 0) is 19.1 Å². The van der Waals surface area contributed by atoms with Crippen LogP contribution in [-0.4, -0.2) is 23.7 Å². The topological polar surface area (TPSA) is 49.3 Å². The van der Waals surface area contributed by atoms with E-state index in [9.17, 15) is 18.0 Å². The molecule has 1 rings (SSSR count). The van der Waals surface area contributed by atoms with Gasteiger partial charge in [0.05, 0.1) is 12.2 Å². The molecule has 16 heavy (non-hydrogen) atoms. The third-order valence-corrected chi connectivity index (χ3v) is 1.93. The van der Waals surface area contributed by atoms with Gasteiger partial charge in [-0.25, -0.2) is 13.2 Å². The molecular formula is C10H10F3NO2. The Morgan fingerprint density at radius 2 is 2.00 bits per heavy atom. The zero-order valence-electron chi connectivity index (χ0n) is 8.43.